The van der Waals surface area contributed by atoms with E-state index < -0.39 is 0 Å². The van der Waals surface area contributed by atoms with Crippen LogP contribution in [0.5, 0.6) is 0 Å². The van der Waals surface area contributed by atoms with Crippen LogP contribution >= 0.6 is 11.3 Å². The maximum Gasteiger partial charge on any atom is 0.135 e. The number of fused-ring (bicyclic) bond motifs is 17. The molecule has 0 aliphatic heterocycles. The number of thiophene rings is 1. The monoisotopic (exact) mass is 694 g/mol. The summed E-state index contributed by atoms with van der Waals surface area (Å²) < 4.78 is 20.0. The van der Waals surface area contributed by atoms with E-state index in [4.69, 9.17) is 8.83 Å². The van der Waals surface area contributed by atoms with E-state index in [2.05, 4.69) is 143 Å². The summed E-state index contributed by atoms with van der Waals surface area (Å²) in [5, 5.41) is 12.1. The van der Waals surface area contributed by atoms with E-state index in [1.54, 1.807) is 0 Å². The minimum Gasteiger partial charge on any atom is -0.456 e. The molecule has 0 atom stereocenters. The van der Waals surface area contributed by atoms with E-state index in [0.29, 0.717) is 0 Å². The van der Waals surface area contributed by atoms with E-state index >= 15 is 0 Å². The lowest BCUT2D eigenvalue weighted by atomic mass is 10.1. The Morgan fingerprint density at radius 3 is 1.21 bits per heavy atom. The lowest BCUT2D eigenvalue weighted by Gasteiger charge is -2.09. The van der Waals surface area contributed by atoms with Gasteiger partial charge in [0, 0.05) is 65.2 Å². The molecule has 13 aromatic rings. The average Bonchev–Trinajstić information content (AvgIpc) is 4.01. The van der Waals surface area contributed by atoms with Crippen LogP contribution in [0.4, 0.5) is 0 Å². The highest BCUT2D eigenvalue weighted by atomic mass is 32.1. The lowest BCUT2D eigenvalue weighted by Crippen LogP contribution is -1.93. The molecule has 5 heteroatoms. The third-order valence-corrected chi connectivity index (χ3v) is 12.5. The highest BCUT2D eigenvalue weighted by molar-refractivity contribution is 7.27. The first kappa shape index (κ1) is 27.8. The molecule has 0 saturated heterocycles. The van der Waals surface area contributed by atoms with E-state index in [1.165, 1.54) is 63.8 Å². The summed E-state index contributed by atoms with van der Waals surface area (Å²) in [6, 6.07) is 56.8. The van der Waals surface area contributed by atoms with Gasteiger partial charge in [-0.2, -0.15) is 0 Å². The van der Waals surface area contributed by atoms with Gasteiger partial charge in [-0.3, -0.25) is 0 Å². The molecular weight excluding hydrogens is 669 g/mol. The number of hydrogen-bond acceptors (Lipinski definition) is 3. The summed E-state index contributed by atoms with van der Waals surface area (Å²) in [5.41, 5.74) is 10.7. The fourth-order valence-electron chi connectivity index (χ4n) is 9.03. The van der Waals surface area contributed by atoms with Crippen molar-refractivity contribution >= 4 is 119 Å². The summed E-state index contributed by atoms with van der Waals surface area (Å²) in [6.07, 6.45) is 0. The van der Waals surface area contributed by atoms with Gasteiger partial charge in [0.1, 0.15) is 22.3 Å². The zero-order valence-corrected chi connectivity index (χ0v) is 28.9. The van der Waals surface area contributed by atoms with E-state index in [9.17, 15) is 0 Å². The molecule has 0 N–H and O–H groups in total. The van der Waals surface area contributed by atoms with Crippen LogP contribution in [-0.2, 0) is 0 Å². The van der Waals surface area contributed by atoms with Crippen molar-refractivity contribution in [2.45, 2.75) is 0 Å². The zero-order chi connectivity index (χ0) is 34.4. The Hall–Kier alpha value is -6.82. The number of benzene rings is 8. The molecule has 246 valence electrons. The number of para-hydroxylation sites is 4. The summed E-state index contributed by atoms with van der Waals surface area (Å²) >= 11 is 1.91. The van der Waals surface area contributed by atoms with Gasteiger partial charge in [-0.05, 0) is 60.7 Å². The molecule has 5 heterocycles. The van der Waals surface area contributed by atoms with Crippen molar-refractivity contribution in [1.82, 2.24) is 9.13 Å². The third kappa shape index (κ3) is 3.59. The van der Waals surface area contributed by atoms with Crippen molar-refractivity contribution in [2.24, 2.45) is 0 Å². The highest BCUT2D eigenvalue weighted by Gasteiger charge is 2.22. The van der Waals surface area contributed by atoms with Gasteiger partial charge >= 0.3 is 0 Å². The van der Waals surface area contributed by atoms with Crippen molar-refractivity contribution in [3.05, 3.63) is 158 Å². The molecule has 8 aromatic carbocycles. The number of nitrogens with zero attached hydrogens (tertiary/aromatic N) is 2. The van der Waals surface area contributed by atoms with Crippen LogP contribution in [-0.4, -0.2) is 9.13 Å². The van der Waals surface area contributed by atoms with Crippen molar-refractivity contribution in [3.8, 4) is 11.4 Å². The first-order valence-electron chi connectivity index (χ1n) is 17.9. The second-order valence-corrected chi connectivity index (χ2v) is 15.1. The number of furan rings is 2. The number of aromatic nitrogens is 2. The standard InChI is InChI=1S/C48H26N2O2S/c1-5-13-39-29(9-1)33-19-21-35-36-22-20-34-30-10-2-6-14-40(30)50(28-18-24-44-38(26-28)32-12-4-8-16-42(32)52-44)46(34)48(36)53-47(35)45(33)49(39)27-17-23-43-37(25-27)31-11-3-7-15-41(31)51-43/h1-26H. The van der Waals surface area contributed by atoms with Crippen LogP contribution in [0.2, 0.25) is 0 Å². The Labute approximate surface area is 304 Å². The Kier molecular flexibility index (Phi) is 5.22. The van der Waals surface area contributed by atoms with Crippen molar-refractivity contribution in [2.75, 3.05) is 0 Å². The molecule has 0 bridgehead atoms. The fourth-order valence-corrected chi connectivity index (χ4v) is 10.4. The normalized spacial score (nSPS) is 12.5. The molecule has 0 fully saturated rings. The van der Waals surface area contributed by atoms with Crippen LogP contribution in [0.1, 0.15) is 0 Å². The largest absolute Gasteiger partial charge is 0.456 e. The molecule has 0 saturated carbocycles. The molecule has 5 aromatic heterocycles. The molecule has 4 nitrogen and oxygen atoms in total. The predicted octanol–water partition coefficient (Wildman–Crippen LogP) is 14.0. The van der Waals surface area contributed by atoms with Gasteiger partial charge in [0.25, 0.3) is 0 Å². The van der Waals surface area contributed by atoms with Gasteiger partial charge < -0.3 is 18.0 Å². The first-order chi connectivity index (χ1) is 26.3. The van der Waals surface area contributed by atoms with Crippen LogP contribution in [0.15, 0.2) is 167 Å². The minimum atomic E-state index is 0.902. The zero-order valence-electron chi connectivity index (χ0n) is 28.1. The topological polar surface area (TPSA) is 36.1 Å². The second kappa shape index (κ2) is 9.94. The molecule has 53 heavy (non-hydrogen) atoms. The minimum absolute atomic E-state index is 0.902. The molecule has 0 aliphatic carbocycles. The Balaban J connectivity index is 1.16. The molecule has 0 spiro atoms. The van der Waals surface area contributed by atoms with E-state index in [0.717, 1.165) is 55.3 Å². The van der Waals surface area contributed by atoms with Gasteiger partial charge in [-0.25, -0.2) is 0 Å². The Morgan fingerprint density at radius 1 is 0.321 bits per heavy atom. The molecule has 0 aliphatic rings. The SMILES string of the molecule is c1ccc2c(c1)oc1ccc(-n3c4ccccc4c4ccc5c6ccc7c8ccccc8n(-c8ccc9oc%10ccccc%10c9c8)c7c6sc5c43)cc12. The molecule has 0 amide bonds. The van der Waals surface area contributed by atoms with Crippen molar-refractivity contribution in [3.63, 3.8) is 0 Å². The maximum absolute atomic E-state index is 6.25. The fraction of sp³-hybridized carbons (Fsp3) is 0. The first-order valence-corrected chi connectivity index (χ1v) is 18.7. The average molecular weight is 695 g/mol. The van der Waals surface area contributed by atoms with Gasteiger partial charge in [0.15, 0.2) is 0 Å². The van der Waals surface area contributed by atoms with Crippen LogP contribution in [0.25, 0.3) is 119 Å². The smallest absolute Gasteiger partial charge is 0.135 e. The van der Waals surface area contributed by atoms with Crippen LogP contribution in [0, 0.1) is 0 Å². The Bertz CT molecular complexity index is 3460. The van der Waals surface area contributed by atoms with E-state index in [-0.39, 0.29) is 0 Å². The van der Waals surface area contributed by atoms with Gasteiger partial charge in [-0.1, -0.05) is 97.1 Å². The van der Waals surface area contributed by atoms with Crippen LogP contribution < -0.4 is 0 Å². The van der Waals surface area contributed by atoms with Gasteiger partial charge in [-0.15, -0.1) is 11.3 Å². The summed E-state index contributed by atoms with van der Waals surface area (Å²) in [7, 11) is 0. The maximum atomic E-state index is 6.25. The third-order valence-electron chi connectivity index (χ3n) is 11.3. The van der Waals surface area contributed by atoms with Crippen molar-refractivity contribution in [1.29, 1.82) is 0 Å². The van der Waals surface area contributed by atoms with E-state index in [1.807, 2.05) is 35.6 Å². The number of hydrogen-bond donors (Lipinski definition) is 0. The van der Waals surface area contributed by atoms with Gasteiger partial charge in [0.2, 0.25) is 0 Å². The Morgan fingerprint density at radius 2 is 0.717 bits per heavy atom. The van der Waals surface area contributed by atoms with Crippen molar-refractivity contribution < 1.29 is 8.83 Å². The second-order valence-electron chi connectivity index (χ2n) is 14.0. The summed E-state index contributed by atoms with van der Waals surface area (Å²) in [6.45, 7) is 0. The molecule has 0 radical (unpaired) electrons. The molecular formula is C48H26N2O2S. The lowest BCUT2D eigenvalue weighted by molar-refractivity contribution is 0.668. The van der Waals surface area contributed by atoms with Crippen LogP contribution in [0.3, 0.4) is 0 Å². The van der Waals surface area contributed by atoms with Gasteiger partial charge in [0.05, 0.1) is 31.5 Å². The molecule has 13 rings (SSSR count). The highest BCUT2D eigenvalue weighted by Crippen LogP contribution is 2.47. The molecule has 0 unspecified atom stereocenters. The summed E-state index contributed by atoms with van der Waals surface area (Å²) in [5.74, 6) is 0. The number of rotatable bonds is 2. The summed E-state index contributed by atoms with van der Waals surface area (Å²) in [4.78, 5) is 0. The predicted molar refractivity (Wildman–Crippen MR) is 223 cm³/mol. The quantitative estimate of drug-likeness (QED) is 0.181.